The predicted octanol–water partition coefficient (Wildman–Crippen LogP) is 0.690. The lowest BCUT2D eigenvalue weighted by Gasteiger charge is -2.32. The van der Waals surface area contributed by atoms with E-state index in [9.17, 15) is 14.4 Å². The van der Waals surface area contributed by atoms with Gasteiger partial charge in [-0.15, -0.1) is 0 Å². The van der Waals surface area contributed by atoms with Gasteiger partial charge in [0.05, 0.1) is 13.0 Å². The summed E-state index contributed by atoms with van der Waals surface area (Å²) in [5.74, 6) is -2.03. The minimum absolute atomic E-state index is 0.105. The molecule has 114 valence electrons. The van der Waals surface area contributed by atoms with Crippen LogP contribution in [0.5, 0.6) is 0 Å². The maximum absolute atomic E-state index is 12.1. The fourth-order valence-electron chi connectivity index (χ4n) is 2.21. The van der Waals surface area contributed by atoms with Crippen molar-refractivity contribution in [2.45, 2.75) is 32.7 Å². The van der Waals surface area contributed by atoms with Gasteiger partial charge >= 0.3 is 18.0 Å². The molecule has 0 aromatic heterocycles. The van der Waals surface area contributed by atoms with Crippen LogP contribution in [-0.4, -0.2) is 54.2 Å². The lowest BCUT2D eigenvalue weighted by Crippen LogP contribution is -2.53. The van der Waals surface area contributed by atoms with Crippen molar-refractivity contribution in [2.24, 2.45) is 11.8 Å². The molecule has 0 aliphatic carbocycles. The molecule has 1 fully saturated rings. The summed E-state index contributed by atoms with van der Waals surface area (Å²) in [6.45, 7) is 4.28. The van der Waals surface area contributed by atoms with Crippen LogP contribution >= 0.6 is 0 Å². The number of hydrogen-bond donors (Lipinski definition) is 2. The Kier molecular flexibility index (Phi) is 5.79. The number of hydrogen-bond acceptors (Lipinski definition) is 4. The van der Waals surface area contributed by atoms with Crippen LogP contribution in [-0.2, 0) is 14.3 Å². The average Bonchev–Trinajstić information content (AvgIpc) is 2.43. The Labute approximate surface area is 118 Å². The van der Waals surface area contributed by atoms with E-state index < -0.39 is 29.9 Å². The van der Waals surface area contributed by atoms with Crippen LogP contribution in [0.4, 0.5) is 4.79 Å². The Hall–Kier alpha value is -1.79. The van der Waals surface area contributed by atoms with Crippen molar-refractivity contribution >= 4 is 18.0 Å². The van der Waals surface area contributed by atoms with Crippen molar-refractivity contribution in [3.8, 4) is 0 Å². The Morgan fingerprint density at radius 2 is 2.00 bits per heavy atom. The molecule has 0 bridgehead atoms. The Morgan fingerprint density at radius 3 is 2.50 bits per heavy atom. The molecule has 0 saturated carbocycles. The number of nitrogens with zero attached hydrogens (tertiary/aromatic N) is 1. The monoisotopic (exact) mass is 286 g/mol. The van der Waals surface area contributed by atoms with E-state index in [0.29, 0.717) is 19.4 Å². The molecule has 1 heterocycles. The van der Waals surface area contributed by atoms with Crippen molar-refractivity contribution in [3.63, 3.8) is 0 Å². The molecule has 7 heteroatoms. The molecule has 0 spiro atoms. The van der Waals surface area contributed by atoms with Gasteiger partial charge < -0.3 is 20.1 Å². The van der Waals surface area contributed by atoms with Crippen molar-refractivity contribution in [1.29, 1.82) is 0 Å². The molecule has 1 rings (SSSR count). The minimum Gasteiger partial charge on any atom is -0.481 e. The first-order chi connectivity index (χ1) is 9.36. The number of likely N-dealkylation sites (tertiary alicyclic amines) is 1. The average molecular weight is 286 g/mol. The van der Waals surface area contributed by atoms with Gasteiger partial charge in [0, 0.05) is 13.1 Å². The number of nitrogens with one attached hydrogen (secondary N) is 1. The summed E-state index contributed by atoms with van der Waals surface area (Å²) in [5.41, 5.74) is 0. The highest BCUT2D eigenvalue weighted by atomic mass is 16.5. The fourth-order valence-corrected chi connectivity index (χ4v) is 2.21. The molecule has 20 heavy (non-hydrogen) atoms. The van der Waals surface area contributed by atoms with Crippen LogP contribution in [0.1, 0.15) is 26.7 Å². The van der Waals surface area contributed by atoms with Crippen LogP contribution in [0.3, 0.4) is 0 Å². The van der Waals surface area contributed by atoms with E-state index in [4.69, 9.17) is 5.11 Å². The number of rotatable bonds is 4. The first-order valence-electron chi connectivity index (χ1n) is 6.72. The molecule has 2 atom stereocenters. The summed E-state index contributed by atoms with van der Waals surface area (Å²) in [6, 6.07) is -1.14. The Morgan fingerprint density at radius 1 is 1.35 bits per heavy atom. The number of methoxy groups -OCH3 is 1. The normalized spacial score (nSPS) is 20.4. The van der Waals surface area contributed by atoms with E-state index in [1.165, 1.54) is 12.0 Å². The van der Waals surface area contributed by atoms with E-state index in [2.05, 4.69) is 10.1 Å². The summed E-state index contributed by atoms with van der Waals surface area (Å²) in [6.07, 6.45) is 1.22. The third-order valence-corrected chi connectivity index (χ3v) is 3.46. The quantitative estimate of drug-likeness (QED) is 0.741. The van der Waals surface area contributed by atoms with Crippen molar-refractivity contribution in [3.05, 3.63) is 0 Å². The highest BCUT2D eigenvalue weighted by Gasteiger charge is 2.31. The van der Waals surface area contributed by atoms with Crippen molar-refractivity contribution in [2.75, 3.05) is 20.2 Å². The second-order valence-corrected chi connectivity index (χ2v) is 5.32. The number of carboxylic acid groups (broad SMARTS) is 1. The van der Waals surface area contributed by atoms with E-state index in [1.54, 1.807) is 13.8 Å². The molecule has 0 aromatic rings. The molecule has 1 aliphatic rings. The molecule has 7 nitrogen and oxygen atoms in total. The fraction of sp³-hybridized carbons (Fsp3) is 0.769. The number of esters is 1. The smallest absolute Gasteiger partial charge is 0.328 e. The van der Waals surface area contributed by atoms with Crippen LogP contribution in [0.25, 0.3) is 0 Å². The summed E-state index contributed by atoms with van der Waals surface area (Å²) in [7, 11) is 1.27. The number of carboxylic acids is 1. The second-order valence-electron chi connectivity index (χ2n) is 5.32. The maximum atomic E-state index is 12.1. The molecule has 2 unspecified atom stereocenters. The molecular weight excluding hydrogens is 264 g/mol. The predicted molar refractivity (Wildman–Crippen MR) is 71.1 cm³/mol. The zero-order valence-electron chi connectivity index (χ0n) is 12.1. The zero-order valence-corrected chi connectivity index (χ0v) is 12.1. The Bertz CT molecular complexity index is 383. The maximum Gasteiger partial charge on any atom is 0.328 e. The summed E-state index contributed by atoms with van der Waals surface area (Å²) < 4.78 is 4.65. The molecule has 0 aromatic carbocycles. The van der Waals surface area contributed by atoms with Crippen LogP contribution < -0.4 is 5.32 Å². The van der Waals surface area contributed by atoms with Gasteiger partial charge in [0.15, 0.2) is 0 Å². The molecule has 0 radical (unpaired) electrons. The standard InChI is InChI=1S/C13H22N2O5/c1-8(2)10(12(18)20-3)14-13(19)15-6-4-5-9(7-15)11(16)17/h8-10H,4-7H2,1-3H3,(H,14,19)(H,16,17). The number of aliphatic carboxylic acids is 1. The number of ether oxygens (including phenoxy) is 1. The lowest BCUT2D eigenvalue weighted by atomic mass is 9.98. The van der Waals surface area contributed by atoms with Crippen LogP contribution in [0, 0.1) is 11.8 Å². The van der Waals surface area contributed by atoms with Crippen molar-refractivity contribution in [1.82, 2.24) is 10.2 Å². The first kappa shape index (κ1) is 16.3. The number of urea groups is 1. The SMILES string of the molecule is COC(=O)C(NC(=O)N1CCCC(C(=O)O)C1)C(C)C. The van der Waals surface area contributed by atoms with E-state index in [-0.39, 0.29) is 12.5 Å². The van der Waals surface area contributed by atoms with Crippen molar-refractivity contribution < 1.29 is 24.2 Å². The van der Waals surface area contributed by atoms with Crippen LogP contribution in [0.15, 0.2) is 0 Å². The van der Waals surface area contributed by atoms with E-state index in [0.717, 1.165) is 0 Å². The van der Waals surface area contributed by atoms with E-state index in [1.807, 2.05) is 0 Å². The third kappa shape index (κ3) is 4.11. The highest BCUT2D eigenvalue weighted by molar-refractivity contribution is 5.84. The molecular formula is C13H22N2O5. The van der Waals surface area contributed by atoms with Gasteiger partial charge in [0.2, 0.25) is 0 Å². The minimum atomic E-state index is -0.893. The highest BCUT2D eigenvalue weighted by Crippen LogP contribution is 2.17. The largest absolute Gasteiger partial charge is 0.481 e. The summed E-state index contributed by atoms with van der Waals surface area (Å²) in [4.78, 5) is 36.1. The molecule has 2 N–H and O–H groups in total. The lowest BCUT2D eigenvalue weighted by molar-refractivity contribution is -0.145. The summed E-state index contributed by atoms with van der Waals surface area (Å²) >= 11 is 0. The number of carbonyl (C=O) groups is 3. The van der Waals surface area contributed by atoms with E-state index >= 15 is 0 Å². The van der Waals surface area contributed by atoms with Gasteiger partial charge in [-0.3, -0.25) is 4.79 Å². The number of amides is 2. The first-order valence-corrected chi connectivity index (χ1v) is 6.72. The van der Waals surface area contributed by atoms with Crippen LogP contribution in [0.2, 0.25) is 0 Å². The zero-order chi connectivity index (χ0) is 15.3. The van der Waals surface area contributed by atoms with Gasteiger partial charge in [0.1, 0.15) is 6.04 Å². The third-order valence-electron chi connectivity index (χ3n) is 3.46. The Balaban J connectivity index is 2.64. The molecule has 1 saturated heterocycles. The number of piperidine rings is 1. The topological polar surface area (TPSA) is 95.9 Å². The van der Waals surface area contributed by atoms with Gasteiger partial charge in [-0.2, -0.15) is 0 Å². The molecule has 1 aliphatic heterocycles. The number of carbonyl (C=O) groups excluding carboxylic acids is 2. The van der Waals surface area contributed by atoms with Gasteiger partial charge in [-0.25, -0.2) is 9.59 Å². The second kappa shape index (κ2) is 7.12. The van der Waals surface area contributed by atoms with Gasteiger partial charge in [-0.1, -0.05) is 13.8 Å². The molecule has 2 amide bonds. The summed E-state index contributed by atoms with van der Waals surface area (Å²) in [5, 5.41) is 11.6. The van der Waals surface area contributed by atoms with Gasteiger partial charge in [-0.05, 0) is 18.8 Å². The van der Waals surface area contributed by atoms with Gasteiger partial charge in [0.25, 0.3) is 0 Å².